The van der Waals surface area contributed by atoms with E-state index in [9.17, 15) is 9.90 Å². The second-order valence-electron chi connectivity index (χ2n) is 5.67. The highest BCUT2D eigenvalue weighted by atomic mass is 35.5. The Bertz CT molecular complexity index is 679. The Morgan fingerprint density at radius 3 is 3.00 bits per heavy atom. The Morgan fingerprint density at radius 1 is 1.48 bits per heavy atom. The van der Waals surface area contributed by atoms with Gasteiger partial charge in [0.15, 0.2) is 0 Å². The largest absolute Gasteiger partial charge is 0.475 e. The highest BCUT2D eigenvalue weighted by molar-refractivity contribution is 6.31. The minimum absolute atomic E-state index is 0.0324. The summed E-state index contributed by atoms with van der Waals surface area (Å²) in [5.74, 6) is -0.993. The monoisotopic (exact) mass is 307 g/mol. The first-order valence-corrected chi connectivity index (χ1v) is 7.62. The molecule has 5 heteroatoms. The van der Waals surface area contributed by atoms with Gasteiger partial charge in [-0.2, -0.15) is 0 Å². The van der Waals surface area contributed by atoms with Crippen LogP contribution in [0, 0.1) is 0 Å². The van der Waals surface area contributed by atoms with Gasteiger partial charge in [-0.3, -0.25) is 4.90 Å². The summed E-state index contributed by atoms with van der Waals surface area (Å²) < 4.78 is 5.51. The summed E-state index contributed by atoms with van der Waals surface area (Å²) >= 11 is 6.05. The molecule has 112 valence electrons. The van der Waals surface area contributed by atoms with Crippen molar-refractivity contribution in [3.05, 3.63) is 34.5 Å². The molecule has 1 aromatic heterocycles. The van der Waals surface area contributed by atoms with E-state index < -0.39 is 5.97 Å². The van der Waals surface area contributed by atoms with Gasteiger partial charge < -0.3 is 9.52 Å². The summed E-state index contributed by atoms with van der Waals surface area (Å²) in [6, 6.07) is 5.70. The Labute approximate surface area is 128 Å². The van der Waals surface area contributed by atoms with E-state index in [-0.39, 0.29) is 5.76 Å². The molecule has 1 unspecified atom stereocenters. The molecule has 0 saturated carbocycles. The molecule has 0 bridgehead atoms. The number of carboxylic acid groups (broad SMARTS) is 1. The van der Waals surface area contributed by atoms with E-state index in [2.05, 4.69) is 11.8 Å². The van der Waals surface area contributed by atoms with Crippen LogP contribution >= 0.6 is 11.6 Å². The molecule has 2 aromatic rings. The number of carbonyl (C=O) groups is 1. The number of furan rings is 1. The number of piperidine rings is 1. The average molecular weight is 308 g/mol. The number of nitrogens with zero attached hydrogens (tertiary/aromatic N) is 1. The zero-order valence-electron chi connectivity index (χ0n) is 11.9. The smallest absolute Gasteiger partial charge is 0.372 e. The maximum atomic E-state index is 11.5. The summed E-state index contributed by atoms with van der Waals surface area (Å²) in [5, 5.41) is 10.8. The van der Waals surface area contributed by atoms with Crippen LogP contribution in [0.3, 0.4) is 0 Å². The average Bonchev–Trinajstić information content (AvgIpc) is 2.80. The van der Waals surface area contributed by atoms with Crippen molar-refractivity contribution in [2.75, 3.05) is 6.54 Å². The molecule has 1 saturated heterocycles. The molecule has 1 aliphatic rings. The third kappa shape index (κ3) is 2.78. The van der Waals surface area contributed by atoms with Crippen molar-refractivity contribution in [2.24, 2.45) is 0 Å². The van der Waals surface area contributed by atoms with Crippen LogP contribution < -0.4 is 0 Å². The number of hydrogen-bond acceptors (Lipinski definition) is 3. The minimum atomic E-state index is -1.03. The van der Waals surface area contributed by atoms with Crippen LogP contribution in [-0.4, -0.2) is 28.6 Å². The zero-order valence-corrected chi connectivity index (χ0v) is 12.7. The van der Waals surface area contributed by atoms with Crippen LogP contribution in [0.5, 0.6) is 0 Å². The molecule has 0 amide bonds. The van der Waals surface area contributed by atoms with Gasteiger partial charge in [0, 0.05) is 28.6 Å². The van der Waals surface area contributed by atoms with Crippen LogP contribution in [0.1, 0.15) is 42.3 Å². The minimum Gasteiger partial charge on any atom is -0.475 e. The molecular weight excluding hydrogens is 290 g/mol. The SMILES string of the molecule is CC1CCCCN1Cc1c(C(=O)O)oc2ccc(Cl)cc12. The van der Waals surface area contributed by atoms with Crippen LogP contribution in [0.15, 0.2) is 22.6 Å². The Balaban J connectivity index is 2.04. The Morgan fingerprint density at radius 2 is 2.29 bits per heavy atom. The molecule has 3 rings (SSSR count). The van der Waals surface area contributed by atoms with Crippen molar-refractivity contribution >= 4 is 28.5 Å². The molecular formula is C16H18ClNO3. The number of fused-ring (bicyclic) bond motifs is 1. The zero-order chi connectivity index (χ0) is 15.0. The standard InChI is InChI=1S/C16H18ClNO3/c1-10-4-2-3-7-18(10)9-13-12-8-11(17)5-6-14(12)21-15(13)16(19)20/h5-6,8,10H,2-4,7,9H2,1H3,(H,19,20). The highest BCUT2D eigenvalue weighted by Gasteiger charge is 2.25. The van der Waals surface area contributed by atoms with E-state index in [1.54, 1.807) is 18.2 Å². The van der Waals surface area contributed by atoms with E-state index in [1.807, 2.05) is 0 Å². The van der Waals surface area contributed by atoms with Gasteiger partial charge in [-0.05, 0) is 44.5 Å². The lowest BCUT2D eigenvalue weighted by Gasteiger charge is -2.33. The lowest BCUT2D eigenvalue weighted by molar-refractivity contribution is 0.0659. The predicted octanol–water partition coefficient (Wildman–Crippen LogP) is 4.16. The van der Waals surface area contributed by atoms with Crippen molar-refractivity contribution < 1.29 is 14.3 Å². The summed E-state index contributed by atoms with van der Waals surface area (Å²) in [5.41, 5.74) is 1.31. The summed E-state index contributed by atoms with van der Waals surface area (Å²) in [6.45, 7) is 3.78. The van der Waals surface area contributed by atoms with Crippen molar-refractivity contribution in [2.45, 2.75) is 38.8 Å². The first kappa shape index (κ1) is 14.4. The number of likely N-dealkylation sites (tertiary alicyclic amines) is 1. The Kier molecular flexibility index (Phi) is 3.91. The van der Waals surface area contributed by atoms with Crippen molar-refractivity contribution in [3.8, 4) is 0 Å². The number of rotatable bonds is 3. The molecule has 21 heavy (non-hydrogen) atoms. The second-order valence-corrected chi connectivity index (χ2v) is 6.11. The fourth-order valence-corrected chi connectivity index (χ4v) is 3.22. The molecule has 0 aliphatic carbocycles. The number of benzene rings is 1. The lowest BCUT2D eigenvalue weighted by Crippen LogP contribution is -2.37. The third-order valence-electron chi connectivity index (χ3n) is 4.25. The second kappa shape index (κ2) is 5.70. The van der Waals surface area contributed by atoms with Crippen LogP contribution in [0.25, 0.3) is 11.0 Å². The Hall–Kier alpha value is -1.52. The number of aromatic carboxylic acids is 1. The number of carboxylic acids is 1. The normalized spacial score (nSPS) is 20.0. The van der Waals surface area contributed by atoms with E-state index in [0.29, 0.717) is 23.2 Å². The maximum absolute atomic E-state index is 11.5. The van der Waals surface area contributed by atoms with E-state index >= 15 is 0 Å². The molecule has 1 aliphatic heterocycles. The van der Waals surface area contributed by atoms with Crippen molar-refractivity contribution in [1.29, 1.82) is 0 Å². The van der Waals surface area contributed by atoms with Gasteiger partial charge in [-0.15, -0.1) is 0 Å². The summed E-state index contributed by atoms with van der Waals surface area (Å²) in [4.78, 5) is 13.8. The van der Waals surface area contributed by atoms with E-state index in [0.717, 1.165) is 30.3 Å². The van der Waals surface area contributed by atoms with Crippen molar-refractivity contribution in [1.82, 2.24) is 4.90 Å². The molecule has 1 fully saturated rings. The van der Waals surface area contributed by atoms with Gasteiger partial charge in [-0.1, -0.05) is 18.0 Å². The molecule has 1 aromatic carbocycles. The highest BCUT2D eigenvalue weighted by Crippen LogP contribution is 2.31. The third-order valence-corrected chi connectivity index (χ3v) is 4.48. The van der Waals surface area contributed by atoms with Gasteiger partial charge >= 0.3 is 5.97 Å². The molecule has 2 heterocycles. The fourth-order valence-electron chi connectivity index (χ4n) is 3.05. The molecule has 0 radical (unpaired) electrons. The summed E-state index contributed by atoms with van der Waals surface area (Å²) in [6.07, 6.45) is 3.55. The first-order chi connectivity index (χ1) is 10.1. The molecule has 1 N–H and O–H groups in total. The lowest BCUT2D eigenvalue weighted by atomic mass is 10.0. The van der Waals surface area contributed by atoms with Gasteiger partial charge in [0.1, 0.15) is 5.58 Å². The van der Waals surface area contributed by atoms with Crippen LogP contribution in [-0.2, 0) is 6.54 Å². The van der Waals surface area contributed by atoms with Crippen LogP contribution in [0.4, 0.5) is 0 Å². The topological polar surface area (TPSA) is 53.7 Å². The van der Waals surface area contributed by atoms with E-state index in [1.165, 1.54) is 6.42 Å². The first-order valence-electron chi connectivity index (χ1n) is 7.24. The van der Waals surface area contributed by atoms with E-state index in [4.69, 9.17) is 16.0 Å². The quantitative estimate of drug-likeness (QED) is 0.925. The molecule has 4 nitrogen and oxygen atoms in total. The van der Waals surface area contributed by atoms with Crippen molar-refractivity contribution in [3.63, 3.8) is 0 Å². The number of halogens is 1. The number of hydrogen-bond donors (Lipinski definition) is 1. The predicted molar refractivity (Wildman–Crippen MR) is 81.9 cm³/mol. The van der Waals surface area contributed by atoms with Crippen LogP contribution in [0.2, 0.25) is 5.02 Å². The van der Waals surface area contributed by atoms with Gasteiger partial charge in [0.2, 0.25) is 5.76 Å². The summed E-state index contributed by atoms with van der Waals surface area (Å²) in [7, 11) is 0. The van der Waals surface area contributed by atoms with Gasteiger partial charge in [0.05, 0.1) is 0 Å². The molecule has 0 spiro atoms. The van der Waals surface area contributed by atoms with Gasteiger partial charge in [0.25, 0.3) is 0 Å². The fraction of sp³-hybridized carbons (Fsp3) is 0.438. The van der Waals surface area contributed by atoms with Gasteiger partial charge in [-0.25, -0.2) is 4.79 Å². The molecule has 1 atom stereocenters. The maximum Gasteiger partial charge on any atom is 0.372 e.